The number of nitrogens with zero attached hydrogens (tertiary/aromatic N) is 1. The maximum Gasteiger partial charge on any atom is 0.0593 e. The van der Waals surface area contributed by atoms with Gasteiger partial charge in [-0.25, -0.2) is 0 Å². The van der Waals surface area contributed by atoms with Gasteiger partial charge >= 0.3 is 0 Å². The van der Waals surface area contributed by atoms with Gasteiger partial charge in [-0.3, -0.25) is 4.90 Å². The van der Waals surface area contributed by atoms with Crippen molar-refractivity contribution in [1.29, 1.82) is 0 Å². The van der Waals surface area contributed by atoms with Crippen molar-refractivity contribution in [2.75, 3.05) is 46.6 Å². The van der Waals surface area contributed by atoms with E-state index >= 15 is 0 Å². The lowest BCUT2D eigenvalue weighted by Crippen LogP contribution is -2.63. The third-order valence-electron chi connectivity index (χ3n) is 4.87. The van der Waals surface area contributed by atoms with Crippen molar-refractivity contribution < 1.29 is 9.47 Å². The second-order valence-electron chi connectivity index (χ2n) is 6.63. The van der Waals surface area contributed by atoms with Crippen molar-refractivity contribution >= 4 is 0 Å². The minimum atomic E-state index is 0.279. The molecule has 2 fully saturated rings. The molecule has 0 radical (unpaired) electrons. The highest BCUT2D eigenvalue weighted by Gasteiger charge is 2.41. The number of nitrogens with one attached hydrogen (secondary N) is 1. The SMILES string of the molecule is CCC1(C)CN(CCOCCCOC)C(C2CC2)CN1. The molecule has 1 aliphatic heterocycles. The van der Waals surface area contributed by atoms with Gasteiger partial charge in [-0.1, -0.05) is 6.92 Å². The summed E-state index contributed by atoms with van der Waals surface area (Å²) in [6.45, 7) is 10.5. The number of ether oxygens (including phenoxy) is 2. The van der Waals surface area contributed by atoms with Gasteiger partial charge in [-0.15, -0.1) is 0 Å². The van der Waals surface area contributed by atoms with Crippen LogP contribution in [-0.4, -0.2) is 63.0 Å². The van der Waals surface area contributed by atoms with Crippen LogP contribution in [0.15, 0.2) is 0 Å². The predicted octanol–water partition coefficient (Wildman–Crippen LogP) is 1.89. The molecule has 1 saturated heterocycles. The summed E-state index contributed by atoms with van der Waals surface area (Å²) in [5.74, 6) is 0.928. The molecule has 0 aromatic heterocycles. The molecule has 1 N–H and O–H groups in total. The molecule has 20 heavy (non-hydrogen) atoms. The average molecular weight is 284 g/mol. The molecule has 1 heterocycles. The van der Waals surface area contributed by atoms with E-state index in [1.165, 1.54) is 19.3 Å². The van der Waals surface area contributed by atoms with Crippen LogP contribution in [0.5, 0.6) is 0 Å². The van der Waals surface area contributed by atoms with Crippen LogP contribution in [0.25, 0.3) is 0 Å². The van der Waals surface area contributed by atoms with Gasteiger partial charge in [0.15, 0.2) is 0 Å². The molecule has 0 amide bonds. The second-order valence-corrected chi connectivity index (χ2v) is 6.63. The zero-order valence-corrected chi connectivity index (χ0v) is 13.5. The summed E-state index contributed by atoms with van der Waals surface area (Å²) >= 11 is 0. The predicted molar refractivity (Wildman–Crippen MR) is 82.1 cm³/mol. The molecule has 1 aliphatic carbocycles. The van der Waals surface area contributed by atoms with E-state index in [9.17, 15) is 0 Å². The standard InChI is InChI=1S/C16H32N2O2/c1-4-16(2)13-18(8-11-20-10-5-9-19-3)15(12-17-16)14-6-7-14/h14-15,17H,4-13H2,1-3H3. The van der Waals surface area contributed by atoms with Gasteiger partial charge in [0.25, 0.3) is 0 Å². The van der Waals surface area contributed by atoms with E-state index in [1.807, 2.05) is 0 Å². The van der Waals surface area contributed by atoms with E-state index in [4.69, 9.17) is 9.47 Å². The first-order valence-corrected chi connectivity index (χ1v) is 8.24. The lowest BCUT2D eigenvalue weighted by Gasteiger charge is -2.46. The Balaban J connectivity index is 1.72. The van der Waals surface area contributed by atoms with Crippen LogP contribution in [0.3, 0.4) is 0 Å². The highest BCUT2D eigenvalue weighted by molar-refractivity contribution is 4.99. The summed E-state index contributed by atoms with van der Waals surface area (Å²) in [6, 6.07) is 0.734. The van der Waals surface area contributed by atoms with E-state index in [2.05, 4.69) is 24.1 Å². The van der Waals surface area contributed by atoms with Crippen molar-refractivity contribution in [3.8, 4) is 0 Å². The third-order valence-corrected chi connectivity index (χ3v) is 4.87. The lowest BCUT2D eigenvalue weighted by atomic mass is 9.92. The maximum atomic E-state index is 5.75. The van der Waals surface area contributed by atoms with Crippen molar-refractivity contribution in [1.82, 2.24) is 10.2 Å². The molecule has 0 aromatic carbocycles. The molecule has 1 saturated carbocycles. The van der Waals surface area contributed by atoms with Crippen molar-refractivity contribution in [2.45, 2.75) is 51.1 Å². The average Bonchev–Trinajstić information content (AvgIpc) is 3.27. The molecule has 2 atom stereocenters. The van der Waals surface area contributed by atoms with Crippen molar-refractivity contribution in [2.24, 2.45) is 5.92 Å². The van der Waals surface area contributed by atoms with Gasteiger partial charge < -0.3 is 14.8 Å². The molecular weight excluding hydrogens is 252 g/mol. The second kappa shape index (κ2) is 7.74. The summed E-state index contributed by atoms with van der Waals surface area (Å²) in [4.78, 5) is 2.67. The minimum absolute atomic E-state index is 0.279. The van der Waals surface area contributed by atoms with Crippen LogP contribution in [0.1, 0.15) is 39.5 Å². The number of methoxy groups -OCH3 is 1. The van der Waals surface area contributed by atoms with E-state index in [0.717, 1.165) is 57.8 Å². The fourth-order valence-corrected chi connectivity index (χ4v) is 3.12. The summed E-state index contributed by atoms with van der Waals surface area (Å²) in [6.07, 6.45) is 5.02. The summed E-state index contributed by atoms with van der Waals surface area (Å²) < 4.78 is 10.8. The number of piperazine rings is 1. The largest absolute Gasteiger partial charge is 0.385 e. The molecule has 0 aromatic rings. The van der Waals surface area contributed by atoms with Crippen LogP contribution in [0, 0.1) is 5.92 Å². The van der Waals surface area contributed by atoms with E-state index in [0.29, 0.717) is 0 Å². The summed E-state index contributed by atoms with van der Waals surface area (Å²) in [5, 5.41) is 3.77. The molecule has 2 aliphatic rings. The first kappa shape index (κ1) is 16.2. The fraction of sp³-hybridized carbons (Fsp3) is 1.00. The van der Waals surface area contributed by atoms with Crippen LogP contribution >= 0.6 is 0 Å². The quantitative estimate of drug-likeness (QED) is 0.656. The zero-order valence-electron chi connectivity index (χ0n) is 13.5. The van der Waals surface area contributed by atoms with Gasteiger partial charge in [0.05, 0.1) is 6.61 Å². The summed E-state index contributed by atoms with van der Waals surface area (Å²) in [5.41, 5.74) is 0.279. The van der Waals surface area contributed by atoms with Crippen LogP contribution in [-0.2, 0) is 9.47 Å². The monoisotopic (exact) mass is 284 g/mol. The fourth-order valence-electron chi connectivity index (χ4n) is 3.12. The molecular formula is C16H32N2O2. The topological polar surface area (TPSA) is 33.7 Å². The normalized spacial score (nSPS) is 31.6. The van der Waals surface area contributed by atoms with Gasteiger partial charge in [0.1, 0.15) is 0 Å². The number of hydrogen-bond acceptors (Lipinski definition) is 4. The Kier molecular flexibility index (Phi) is 6.27. The Bertz CT molecular complexity index is 284. The lowest BCUT2D eigenvalue weighted by molar-refractivity contribution is 0.0320. The van der Waals surface area contributed by atoms with Crippen molar-refractivity contribution in [3.05, 3.63) is 0 Å². The van der Waals surface area contributed by atoms with E-state index < -0.39 is 0 Å². The minimum Gasteiger partial charge on any atom is -0.385 e. The molecule has 118 valence electrons. The van der Waals surface area contributed by atoms with Crippen molar-refractivity contribution in [3.63, 3.8) is 0 Å². The molecule has 4 heteroatoms. The molecule has 2 unspecified atom stereocenters. The smallest absolute Gasteiger partial charge is 0.0593 e. The summed E-state index contributed by atoms with van der Waals surface area (Å²) in [7, 11) is 1.74. The third kappa shape index (κ3) is 4.69. The zero-order chi connectivity index (χ0) is 14.4. The Morgan fingerprint density at radius 2 is 2.05 bits per heavy atom. The van der Waals surface area contributed by atoms with Gasteiger partial charge in [-0.2, -0.15) is 0 Å². The first-order chi connectivity index (χ1) is 9.68. The van der Waals surface area contributed by atoms with Crippen LogP contribution < -0.4 is 5.32 Å². The molecule has 0 spiro atoms. The first-order valence-electron chi connectivity index (χ1n) is 8.24. The molecule has 4 nitrogen and oxygen atoms in total. The Morgan fingerprint density at radius 3 is 2.70 bits per heavy atom. The van der Waals surface area contributed by atoms with E-state index in [-0.39, 0.29) is 5.54 Å². The Morgan fingerprint density at radius 1 is 1.25 bits per heavy atom. The highest BCUT2D eigenvalue weighted by Crippen LogP contribution is 2.37. The van der Waals surface area contributed by atoms with Gasteiger partial charge in [0.2, 0.25) is 0 Å². The van der Waals surface area contributed by atoms with Crippen LogP contribution in [0.2, 0.25) is 0 Å². The number of hydrogen-bond donors (Lipinski definition) is 1. The number of rotatable bonds is 9. The maximum absolute atomic E-state index is 5.75. The van der Waals surface area contributed by atoms with Crippen LogP contribution in [0.4, 0.5) is 0 Å². The highest BCUT2D eigenvalue weighted by atomic mass is 16.5. The van der Waals surface area contributed by atoms with Gasteiger partial charge in [0, 0.05) is 51.5 Å². The van der Waals surface area contributed by atoms with E-state index in [1.54, 1.807) is 7.11 Å². The Hall–Kier alpha value is -0.160. The van der Waals surface area contributed by atoms with Gasteiger partial charge in [-0.05, 0) is 38.5 Å². The Labute approximate surface area is 124 Å². The molecule has 2 rings (SSSR count). The molecule has 0 bridgehead atoms.